The van der Waals surface area contributed by atoms with E-state index in [0.717, 1.165) is 17.0 Å². The molecule has 5 rings (SSSR count). The lowest BCUT2D eigenvalue weighted by Gasteiger charge is -2.01. The third-order valence-corrected chi connectivity index (χ3v) is 6.49. The molecule has 0 heterocycles. The van der Waals surface area contributed by atoms with E-state index >= 15 is 0 Å². The van der Waals surface area contributed by atoms with E-state index in [2.05, 4.69) is 48.5 Å². The largest absolute Gasteiger partial charge is 0.317 e. The van der Waals surface area contributed by atoms with E-state index in [1.54, 1.807) is 0 Å². The number of hydrogen-bond acceptors (Lipinski definition) is 1. The average molecular weight is 368 g/mol. The van der Waals surface area contributed by atoms with Crippen LogP contribution in [0.4, 0.5) is 0 Å². The maximum absolute atomic E-state index is 12.0. The van der Waals surface area contributed by atoms with Gasteiger partial charge in [-0.2, -0.15) is 0 Å². The molecule has 27 heavy (non-hydrogen) atoms. The lowest BCUT2D eigenvalue weighted by molar-refractivity contribution is 0.598. The molecule has 1 aliphatic rings. The quantitative estimate of drug-likeness (QED) is 0.379. The predicted octanol–water partition coefficient (Wildman–Crippen LogP) is 5.45. The fraction of sp³-hybridized carbons (Fsp3) is 0.0400. The first-order valence-electron chi connectivity index (χ1n) is 9.14. The molecule has 132 valence electrons. The highest BCUT2D eigenvalue weighted by molar-refractivity contribution is 7.61. The molecule has 0 spiro atoms. The molecule has 0 aliphatic heterocycles. The zero-order valence-electron chi connectivity index (χ0n) is 15.0. The van der Waals surface area contributed by atoms with E-state index in [9.17, 15) is 4.57 Å². The van der Waals surface area contributed by atoms with Crippen molar-refractivity contribution < 1.29 is 4.57 Å². The van der Waals surface area contributed by atoms with Crippen LogP contribution in [0.15, 0.2) is 109 Å². The van der Waals surface area contributed by atoms with E-state index in [1.165, 1.54) is 22.3 Å². The van der Waals surface area contributed by atoms with Gasteiger partial charge in [0.05, 0.1) is 0 Å². The lowest BCUT2D eigenvalue weighted by atomic mass is 10.1. The Morgan fingerprint density at radius 3 is 1.30 bits per heavy atom. The normalized spacial score (nSPS) is 11.3. The molecule has 0 fully saturated rings. The third kappa shape index (κ3) is 3.94. The maximum atomic E-state index is 12.0. The van der Waals surface area contributed by atoms with Crippen LogP contribution in [0.2, 0.25) is 0 Å². The molecular weight excluding hydrogens is 347 g/mol. The first-order valence-corrected chi connectivity index (χ1v) is 10.5. The zero-order valence-corrected chi connectivity index (χ0v) is 16.0. The lowest BCUT2D eigenvalue weighted by Crippen LogP contribution is -2.04. The SMILES string of the molecule is O=[PH](c1ccccc1)c1ccccc1.c1ccc2c(c1)Cc1ccccc1-2. The Kier molecular flexibility index (Phi) is 5.32. The molecule has 0 amide bonds. The molecule has 0 radical (unpaired) electrons. The van der Waals surface area contributed by atoms with Crippen molar-refractivity contribution in [3.05, 3.63) is 120 Å². The minimum Gasteiger partial charge on any atom is -0.317 e. The van der Waals surface area contributed by atoms with Gasteiger partial charge in [0.2, 0.25) is 0 Å². The number of rotatable bonds is 2. The standard InChI is InChI=1S/C13H10.C12H11OP/c1-3-7-12-10(5-1)9-11-6-2-4-8-13(11)12;13-14(11-7-3-1-4-8-11)12-9-5-2-6-10-12/h1-8H,9H2;1-10,14H. The summed E-state index contributed by atoms with van der Waals surface area (Å²) in [7, 11) is -1.79. The summed E-state index contributed by atoms with van der Waals surface area (Å²) < 4.78 is 12.0. The van der Waals surface area contributed by atoms with Crippen molar-refractivity contribution in [1.82, 2.24) is 0 Å². The van der Waals surface area contributed by atoms with Crippen molar-refractivity contribution in [2.45, 2.75) is 6.42 Å². The smallest absolute Gasteiger partial charge is 0.131 e. The summed E-state index contributed by atoms with van der Waals surface area (Å²) in [6, 6.07) is 36.5. The topological polar surface area (TPSA) is 17.1 Å². The molecule has 1 aliphatic carbocycles. The van der Waals surface area contributed by atoms with Crippen molar-refractivity contribution in [2.24, 2.45) is 0 Å². The maximum Gasteiger partial charge on any atom is 0.131 e. The Morgan fingerprint density at radius 1 is 0.481 bits per heavy atom. The fourth-order valence-electron chi connectivity index (χ4n) is 3.43. The molecule has 0 bridgehead atoms. The molecule has 1 nitrogen and oxygen atoms in total. The van der Waals surface area contributed by atoms with Gasteiger partial charge in [-0.15, -0.1) is 0 Å². The van der Waals surface area contributed by atoms with Crippen LogP contribution in [-0.2, 0) is 11.0 Å². The summed E-state index contributed by atoms with van der Waals surface area (Å²) in [6.07, 6.45) is 1.10. The monoisotopic (exact) mass is 368 g/mol. The van der Waals surface area contributed by atoms with Crippen molar-refractivity contribution in [3.63, 3.8) is 0 Å². The highest BCUT2D eigenvalue weighted by Gasteiger charge is 2.15. The van der Waals surface area contributed by atoms with Crippen molar-refractivity contribution >= 4 is 18.4 Å². The second-order valence-electron chi connectivity index (χ2n) is 6.55. The van der Waals surface area contributed by atoms with Crippen LogP contribution in [0.5, 0.6) is 0 Å². The van der Waals surface area contributed by atoms with Gasteiger partial charge in [-0.05, 0) is 28.7 Å². The summed E-state index contributed by atoms with van der Waals surface area (Å²) in [5, 5.41) is 1.84. The molecule has 0 N–H and O–H groups in total. The van der Waals surface area contributed by atoms with Crippen LogP contribution >= 0.6 is 7.80 Å². The van der Waals surface area contributed by atoms with Crippen molar-refractivity contribution in [1.29, 1.82) is 0 Å². The molecule has 4 aromatic rings. The molecule has 0 aromatic heterocycles. The molecule has 4 aromatic carbocycles. The van der Waals surface area contributed by atoms with Crippen molar-refractivity contribution in [3.8, 4) is 11.1 Å². The highest BCUT2D eigenvalue weighted by Crippen LogP contribution is 2.35. The Balaban J connectivity index is 0.000000134. The predicted molar refractivity (Wildman–Crippen MR) is 116 cm³/mol. The third-order valence-electron chi connectivity index (χ3n) is 4.78. The van der Waals surface area contributed by atoms with Crippen LogP contribution in [0, 0.1) is 0 Å². The Hall–Kier alpha value is -2.89. The van der Waals surface area contributed by atoms with Gasteiger partial charge >= 0.3 is 0 Å². The first-order chi connectivity index (χ1) is 13.3. The van der Waals surface area contributed by atoms with Gasteiger partial charge in [0.1, 0.15) is 7.80 Å². The van der Waals surface area contributed by atoms with E-state index < -0.39 is 7.80 Å². The van der Waals surface area contributed by atoms with Crippen LogP contribution < -0.4 is 10.6 Å². The van der Waals surface area contributed by atoms with Gasteiger partial charge in [-0.25, -0.2) is 0 Å². The highest BCUT2D eigenvalue weighted by atomic mass is 31.1. The number of fused-ring (bicyclic) bond motifs is 3. The molecule has 0 unspecified atom stereocenters. The van der Waals surface area contributed by atoms with Gasteiger partial charge in [0.25, 0.3) is 0 Å². The van der Waals surface area contributed by atoms with Gasteiger partial charge in [-0.3, -0.25) is 0 Å². The summed E-state index contributed by atoms with van der Waals surface area (Å²) >= 11 is 0. The second-order valence-corrected chi connectivity index (χ2v) is 8.37. The second kappa shape index (κ2) is 8.20. The minimum atomic E-state index is -1.79. The molecule has 0 atom stereocenters. The van der Waals surface area contributed by atoms with Crippen LogP contribution in [0.3, 0.4) is 0 Å². The molecular formula is C25H21OP. The fourth-order valence-corrected chi connectivity index (χ4v) is 4.75. The summed E-state index contributed by atoms with van der Waals surface area (Å²) in [6.45, 7) is 0. The number of benzene rings is 4. The van der Waals surface area contributed by atoms with Gasteiger partial charge in [-0.1, -0.05) is 109 Å². The van der Waals surface area contributed by atoms with E-state index in [-0.39, 0.29) is 0 Å². The molecule has 0 saturated heterocycles. The van der Waals surface area contributed by atoms with Crippen LogP contribution in [0.25, 0.3) is 11.1 Å². The van der Waals surface area contributed by atoms with Crippen LogP contribution in [-0.4, -0.2) is 0 Å². The first kappa shape index (κ1) is 17.5. The number of hydrogen-bond donors (Lipinski definition) is 0. The minimum absolute atomic E-state index is 0.920. The molecule has 2 heteroatoms. The van der Waals surface area contributed by atoms with E-state index in [4.69, 9.17) is 0 Å². The summed E-state index contributed by atoms with van der Waals surface area (Å²) in [4.78, 5) is 0. The Morgan fingerprint density at radius 2 is 0.852 bits per heavy atom. The average Bonchev–Trinajstić information content (AvgIpc) is 3.14. The summed E-state index contributed by atoms with van der Waals surface area (Å²) in [5.41, 5.74) is 5.75. The van der Waals surface area contributed by atoms with Gasteiger partial charge in [0, 0.05) is 10.6 Å². The van der Waals surface area contributed by atoms with Gasteiger partial charge in [0.15, 0.2) is 0 Å². The van der Waals surface area contributed by atoms with Gasteiger partial charge < -0.3 is 4.57 Å². The van der Waals surface area contributed by atoms with Crippen molar-refractivity contribution in [2.75, 3.05) is 0 Å². The Bertz CT molecular complexity index is 971. The zero-order chi connectivity index (χ0) is 18.5. The molecule has 0 saturated carbocycles. The Labute approximate surface area is 161 Å². The van der Waals surface area contributed by atoms with Crippen LogP contribution in [0.1, 0.15) is 11.1 Å². The van der Waals surface area contributed by atoms with E-state index in [0.29, 0.717) is 0 Å². The van der Waals surface area contributed by atoms with E-state index in [1.807, 2.05) is 60.7 Å². The summed E-state index contributed by atoms with van der Waals surface area (Å²) in [5.74, 6) is 0.